The van der Waals surface area contributed by atoms with Crippen LogP contribution in [0.4, 0.5) is 0 Å². The van der Waals surface area contributed by atoms with E-state index in [1.54, 1.807) is 28.4 Å². The quantitative estimate of drug-likeness (QED) is 0.190. The molecule has 43 heavy (non-hydrogen) atoms. The second-order valence-corrected chi connectivity index (χ2v) is 14.7. The molecule has 0 atom stereocenters. The van der Waals surface area contributed by atoms with Crippen molar-refractivity contribution in [3.05, 3.63) is 95.1 Å². The summed E-state index contributed by atoms with van der Waals surface area (Å²) in [4.78, 5) is 0. The Bertz CT molecular complexity index is 1300. The maximum atomic E-state index is 7.53. The summed E-state index contributed by atoms with van der Waals surface area (Å²) < 4.78 is 30.3. The molecule has 0 unspecified atom stereocenters. The van der Waals surface area contributed by atoms with Crippen LogP contribution in [0.15, 0.2) is 72.8 Å². The van der Waals surface area contributed by atoms with Crippen molar-refractivity contribution in [1.29, 1.82) is 0 Å². The molecule has 0 aliphatic carbocycles. The van der Waals surface area contributed by atoms with Crippen LogP contribution < -0.4 is 39.7 Å². The highest BCUT2D eigenvalue weighted by Gasteiger charge is 2.30. The molecule has 0 fully saturated rings. The zero-order valence-electron chi connectivity index (χ0n) is 26.8. The van der Waals surface area contributed by atoms with Crippen LogP contribution in [0.25, 0.3) is 0 Å². The zero-order valence-corrected chi connectivity index (χ0v) is 28.8. The van der Waals surface area contributed by atoms with Crippen LogP contribution in [0.2, 0.25) is 0 Å². The van der Waals surface area contributed by atoms with Crippen molar-refractivity contribution in [2.45, 2.75) is 53.4 Å². The van der Waals surface area contributed by atoms with Crippen molar-refractivity contribution in [2.24, 2.45) is 0 Å². The fraction of sp³-hybridized carbons (Fsp3) is 0.333. The minimum Gasteiger partial charge on any atom is -0.496 e. The zero-order chi connectivity index (χ0) is 30.9. The topological polar surface area (TPSA) is 46.2 Å². The lowest BCUT2D eigenvalue weighted by atomic mass is 10.1. The number of methoxy groups -OCH3 is 4. The third kappa shape index (κ3) is 7.17. The molecule has 0 heterocycles. The van der Waals surface area contributed by atoms with Gasteiger partial charge in [0.1, 0.15) is 23.0 Å². The van der Waals surface area contributed by atoms with Gasteiger partial charge in [-0.25, -0.2) is 0 Å². The summed E-state index contributed by atoms with van der Waals surface area (Å²) in [6.45, 7) is 8.67. The molecule has 0 aliphatic heterocycles. The molecule has 226 valence electrons. The van der Waals surface area contributed by atoms with E-state index >= 15 is 0 Å². The summed E-state index contributed by atoms with van der Waals surface area (Å²) in [7, 11) is 3.53. The first-order valence-corrected chi connectivity index (χ1v) is 17.9. The smallest absolute Gasteiger partial charge is 0.272 e. The minimum absolute atomic E-state index is 0.878. The lowest BCUT2D eigenvalue weighted by molar-refractivity contribution is 0.410. The summed E-state index contributed by atoms with van der Waals surface area (Å²) in [6, 6.07) is 26.2. The molecule has 7 heteroatoms. The van der Waals surface area contributed by atoms with Crippen molar-refractivity contribution >= 4 is 38.8 Å². The van der Waals surface area contributed by atoms with E-state index in [4.69, 9.17) is 23.1 Å². The predicted octanol–water partition coefficient (Wildman–Crippen LogP) is 4.90. The van der Waals surface area contributed by atoms with Crippen molar-refractivity contribution in [3.8, 4) is 23.0 Å². The second kappa shape index (κ2) is 15.3. The van der Waals surface area contributed by atoms with E-state index in [1.165, 1.54) is 43.0 Å². The summed E-state index contributed by atoms with van der Waals surface area (Å²) in [6.07, 6.45) is 3.51. The van der Waals surface area contributed by atoms with Crippen LogP contribution in [0.3, 0.4) is 0 Å². The molecule has 0 aliphatic rings. The van der Waals surface area contributed by atoms with E-state index in [1.807, 2.05) is 0 Å². The maximum Gasteiger partial charge on any atom is 0.272 e. The van der Waals surface area contributed by atoms with Crippen LogP contribution in [0.5, 0.6) is 23.0 Å². The fourth-order valence-electron chi connectivity index (χ4n) is 5.46. The van der Waals surface area contributed by atoms with Crippen LogP contribution in [0.1, 0.15) is 49.9 Å². The Kier molecular flexibility index (Phi) is 11.5. The SMILES string of the molecule is CCc1cc([Si](O[Si](c2ccc(OC)c(CC)c2)c2ccc(OC)c(CC)c2)c2ccc(OC)c(CC)c2)ccc1OC. The molecule has 4 aromatic rings. The summed E-state index contributed by atoms with van der Waals surface area (Å²) in [5.41, 5.74) is 4.72. The van der Waals surface area contributed by atoms with E-state index in [9.17, 15) is 0 Å². The van der Waals surface area contributed by atoms with Gasteiger partial charge in [0.05, 0.1) is 28.4 Å². The van der Waals surface area contributed by atoms with Crippen LogP contribution in [-0.4, -0.2) is 46.5 Å². The highest BCUT2D eigenvalue weighted by atomic mass is 28.4. The Balaban J connectivity index is 1.94. The van der Waals surface area contributed by atoms with Crippen LogP contribution in [-0.2, 0) is 29.8 Å². The van der Waals surface area contributed by atoms with Crippen LogP contribution in [0, 0.1) is 0 Å². The molecule has 5 nitrogen and oxygen atoms in total. The minimum atomic E-state index is -1.70. The first-order chi connectivity index (χ1) is 20.9. The van der Waals surface area contributed by atoms with Gasteiger partial charge < -0.3 is 23.1 Å². The van der Waals surface area contributed by atoms with Gasteiger partial charge >= 0.3 is 0 Å². The van der Waals surface area contributed by atoms with Gasteiger partial charge in [-0.3, -0.25) is 0 Å². The Morgan fingerprint density at radius 3 is 0.814 bits per heavy atom. The Hall–Kier alpha value is -3.53. The number of rotatable bonds is 14. The normalized spacial score (nSPS) is 11.2. The summed E-state index contributed by atoms with van der Waals surface area (Å²) >= 11 is 0. The highest BCUT2D eigenvalue weighted by molar-refractivity contribution is 6.91. The molecule has 0 aromatic heterocycles. The fourth-order valence-corrected chi connectivity index (χ4v) is 11.0. The van der Waals surface area contributed by atoms with Gasteiger partial charge in [0.15, 0.2) is 0 Å². The average molecular weight is 613 g/mol. The van der Waals surface area contributed by atoms with Crippen LogP contribution >= 0.6 is 0 Å². The highest BCUT2D eigenvalue weighted by Crippen LogP contribution is 2.22. The standard InChI is InChI=1S/C36H44O5Si2/c1-9-25-21-29(13-17-33(25)37-5)42(30-14-18-34(38-6)26(10-2)22-30)41-43(31-15-19-35(39-7)27(11-3)23-31)32-16-20-36(40-8)28(12-4)24-32/h13-24H,9-12H2,1-8H3. The monoisotopic (exact) mass is 612 g/mol. The number of hydrogen-bond acceptors (Lipinski definition) is 5. The molecule has 0 saturated carbocycles. The van der Waals surface area contributed by atoms with Gasteiger partial charge in [-0.1, -0.05) is 76.2 Å². The van der Waals surface area contributed by atoms with Gasteiger partial charge in [-0.05, 0) is 92.9 Å². The third-order valence-corrected chi connectivity index (χ3v) is 12.9. The van der Waals surface area contributed by atoms with Crippen molar-refractivity contribution in [3.63, 3.8) is 0 Å². The number of hydrogen-bond donors (Lipinski definition) is 0. The molecule has 0 N–H and O–H groups in total. The Labute approximate surface area is 261 Å². The Morgan fingerprint density at radius 1 is 0.395 bits per heavy atom. The first kappa shape index (κ1) is 32.4. The van der Waals surface area contributed by atoms with Gasteiger partial charge in [-0.2, -0.15) is 0 Å². The molecule has 0 bridgehead atoms. The molecule has 0 saturated heterocycles. The molecule has 0 amide bonds. The first-order valence-electron chi connectivity index (χ1n) is 15.1. The lowest BCUT2D eigenvalue weighted by Crippen LogP contribution is -2.56. The molecular weight excluding hydrogens is 569 g/mol. The second-order valence-electron chi connectivity index (χ2n) is 10.3. The van der Waals surface area contributed by atoms with E-state index in [0.717, 1.165) is 48.7 Å². The molecular formula is C36H44O5Si2. The number of aryl methyl sites for hydroxylation is 4. The summed E-state index contributed by atoms with van der Waals surface area (Å²) in [5, 5.41) is 4.80. The molecule has 0 spiro atoms. The molecule has 4 aromatic carbocycles. The van der Waals surface area contributed by atoms with Crippen molar-refractivity contribution in [2.75, 3.05) is 28.4 Å². The lowest BCUT2D eigenvalue weighted by Gasteiger charge is -2.26. The van der Waals surface area contributed by atoms with E-state index < -0.39 is 18.1 Å². The van der Waals surface area contributed by atoms with Crippen molar-refractivity contribution < 1.29 is 23.1 Å². The van der Waals surface area contributed by atoms with Gasteiger partial charge in [-0.15, -0.1) is 0 Å². The summed E-state index contributed by atoms with van der Waals surface area (Å²) in [5.74, 6) is 3.64. The van der Waals surface area contributed by atoms with Gasteiger partial charge in [0.2, 0.25) is 0 Å². The largest absolute Gasteiger partial charge is 0.496 e. The van der Waals surface area contributed by atoms with Gasteiger partial charge in [0.25, 0.3) is 18.1 Å². The van der Waals surface area contributed by atoms with Crippen molar-refractivity contribution in [1.82, 2.24) is 0 Å². The third-order valence-electron chi connectivity index (χ3n) is 7.90. The van der Waals surface area contributed by atoms with E-state index in [-0.39, 0.29) is 0 Å². The maximum absolute atomic E-state index is 7.53. The van der Waals surface area contributed by atoms with Gasteiger partial charge in [0, 0.05) is 0 Å². The molecule has 2 radical (unpaired) electrons. The number of benzene rings is 4. The number of ether oxygens (including phenoxy) is 4. The molecule has 4 rings (SSSR count). The van der Waals surface area contributed by atoms with E-state index in [2.05, 4.69) is 100 Å². The predicted molar refractivity (Wildman–Crippen MR) is 181 cm³/mol. The van der Waals surface area contributed by atoms with E-state index in [0.29, 0.717) is 0 Å². The Morgan fingerprint density at radius 2 is 0.628 bits per heavy atom. The average Bonchev–Trinajstić information content (AvgIpc) is 3.07.